The molecule has 0 spiro atoms. The van der Waals surface area contributed by atoms with E-state index in [1.807, 2.05) is 6.92 Å². The first-order valence-corrected chi connectivity index (χ1v) is 7.76. The molecule has 0 aliphatic heterocycles. The lowest BCUT2D eigenvalue weighted by Crippen LogP contribution is -2.21. The first-order chi connectivity index (χ1) is 12.0. The van der Waals surface area contributed by atoms with E-state index >= 15 is 0 Å². The fourth-order valence-electron chi connectivity index (χ4n) is 2.20. The number of aldehydes is 1. The van der Waals surface area contributed by atoms with Gasteiger partial charge in [0.05, 0.1) is 14.2 Å². The van der Waals surface area contributed by atoms with Crippen molar-refractivity contribution in [1.29, 1.82) is 0 Å². The van der Waals surface area contributed by atoms with Gasteiger partial charge in [0.25, 0.3) is 5.91 Å². The molecule has 0 saturated carbocycles. The van der Waals surface area contributed by atoms with Crippen molar-refractivity contribution in [3.8, 4) is 17.2 Å². The number of rotatable bonds is 7. The van der Waals surface area contributed by atoms with Crippen LogP contribution >= 0.6 is 11.6 Å². The largest absolute Gasteiger partial charge is 0.493 e. The third-order valence-electron chi connectivity index (χ3n) is 3.43. The summed E-state index contributed by atoms with van der Waals surface area (Å²) in [6.07, 6.45) is 0.671. The third kappa shape index (κ3) is 4.64. The molecular formula is C18H18ClNO5. The minimum Gasteiger partial charge on any atom is -0.493 e. The first-order valence-electron chi connectivity index (χ1n) is 7.38. The minimum atomic E-state index is -0.353. The third-order valence-corrected chi connectivity index (χ3v) is 3.66. The van der Waals surface area contributed by atoms with Crippen molar-refractivity contribution in [3.05, 3.63) is 46.5 Å². The average Bonchev–Trinajstić information content (AvgIpc) is 2.61. The Balaban J connectivity index is 2.12. The van der Waals surface area contributed by atoms with Crippen LogP contribution in [0.15, 0.2) is 30.3 Å². The molecule has 25 heavy (non-hydrogen) atoms. The number of nitrogens with one attached hydrogen (secondary N) is 1. The van der Waals surface area contributed by atoms with Crippen molar-refractivity contribution in [2.75, 3.05) is 26.1 Å². The number of carbonyl (C=O) groups is 2. The number of halogens is 1. The van der Waals surface area contributed by atoms with E-state index in [0.717, 1.165) is 5.56 Å². The molecule has 0 aliphatic rings. The van der Waals surface area contributed by atoms with E-state index in [1.54, 1.807) is 18.2 Å². The summed E-state index contributed by atoms with van der Waals surface area (Å²) in [5.74, 6) is 0.501. The van der Waals surface area contributed by atoms with Gasteiger partial charge in [0, 0.05) is 16.3 Å². The molecule has 0 aromatic heterocycles. The number of hydrogen-bond donors (Lipinski definition) is 1. The van der Waals surface area contributed by atoms with E-state index in [9.17, 15) is 9.59 Å². The maximum absolute atomic E-state index is 12.1. The van der Waals surface area contributed by atoms with Crippen molar-refractivity contribution >= 4 is 29.5 Å². The van der Waals surface area contributed by atoms with Crippen LogP contribution in [-0.2, 0) is 4.79 Å². The predicted molar refractivity (Wildman–Crippen MR) is 95.2 cm³/mol. The van der Waals surface area contributed by atoms with Crippen LogP contribution in [0.3, 0.4) is 0 Å². The topological polar surface area (TPSA) is 73.9 Å². The number of amides is 1. The van der Waals surface area contributed by atoms with Gasteiger partial charge >= 0.3 is 0 Å². The van der Waals surface area contributed by atoms with Gasteiger partial charge in [-0.25, -0.2) is 0 Å². The SMILES string of the molecule is COc1cc(C=O)cc(OC)c1OCC(=O)Nc1ccc(Cl)cc1C. The van der Waals surface area contributed by atoms with Gasteiger partial charge in [-0.3, -0.25) is 9.59 Å². The van der Waals surface area contributed by atoms with E-state index in [-0.39, 0.29) is 18.3 Å². The van der Waals surface area contributed by atoms with Gasteiger partial charge in [-0.05, 0) is 42.8 Å². The maximum atomic E-state index is 12.1. The van der Waals surface area contributed by atoms with E-state index in [4.69, 9.17) is 25.8 Å². The van der Waals surface area contributed by atoms with E-state index < -0.39 is 0 Å². The quantitative estimate of drug-likeness (QED) is 0.762. The van der Waals surface area contributed by atoms with Crippen LogP contribution in [0.1, 0.15) is 15.9 Å². The molecule has 6 nitrogen and oxygen atoms in total. The molecule has 2 aromatic rings. The summed E-state index contributed by atoms with van der Waals surface area (Å²) in [6, 6.07) is 8.17. The number of carbonyl (C=O) groups excluding carboxylic acids is 2. The Morgan fingerprint density at radius 2 is 1.80 bits per heavy atom. The Kier molecular flexibility index (Phi) is 6.25. The molecule has 1 amide bonds. The van der Waals surface area contributed by atoms with Gasteiger partial charge in [0.1, 0.15) is 6.29 Å². The number of hydrogen-bond acceptors (Lipinski definition) is 5. The minimum absolute atomic E-state index is 0.249. The molecule has 0 unspecified atom stereocenters. The summed E-state index contributed by atoms with van der Waals surface area (Å²) >= 11 is 5.90. The molecule has 0 bridgehead atoms. The highest BCUT2D eigenvalue weighted by molar-refractivity contribution is 6.30. The predicted octanol–water partition coefficient (Wildman–Crippen LogP) is 3.50. The fourth-order valence-corrected chi connectivity index (χ4v) is 2.43. The summed E-state index contributed by atoms with van der Waals surface area (Å²) in [5.41, 5.74) is 1.86. The summed E-state index contributed by atoms with van der Waals surface area (Å²) in [7, 11) is 2.88. The summed E-state index contributed by atoms with van der Waals surface area (Å²) in [4.78, 5) is 23.1. The zero-order valence-corrected chi connectivity index (χ0v) is 14.8. The second-order valence-corrected chi connectivity index (χ2v) is 5.60. The number of ether oxygens (including phenoxy) is 3. The van der Waals surface area contributed by atoms with Gasteiger partial charge in [-0.2, -0.15) is 0 Å². The number of aryl methyl sites for hydroxylation is 1. The van der Waals surface area contributed by atoms with Gasteiger partial charge in [-0.1, -0.05) is 11.6 Å². The molecule has 0 heterocycles. The Hall–Kier alpha value is -2.73. The highest BCUT2D eigenvalue weighted by Gasteiger charge is 2.16. The Labute approximate surface area is 150 Å². The van der Waals surface area contributed by atoms with Crippen molar-refractivity contribution < 1.29 is 23.8 Å². The highest BCUT2D eigenvalue weighted by Crippen LogP contribution is 2.38. The smallest absolute Gasteiger partial charge is 0.262 e. The van der Waals surface area contributed by atoms with E-state index in [0.29, 0.717) is 34.1 Å². The van der Waals surface area contributed by atoms with Crippen LogP contribution in [-0.4, -0.2) is 33.0 Å². The lowest BCUT2D eigenvalue weighted by atomic mass is 10.2. The molecule has 1 N–H and O–H groups in total. The molecule has 0 fully saturated rings. The van der Waals surface area contributed by atoms with Crippen molar-refractivity contribution in [1.82, 2.24) is 0 Å². The summed E-state index contributed by atoms with van der Waals surface area (Å²) in [6.45, 7) is 1.59. The molecule has 0 atom stereocenters. The van der Waals surface area contributed by atoms with Gasteiger partial charge < -0.3 is 19.5 Å². The molecule has 2 rings (SSSR count). The molecule has 0 radical (unpaired) electrons. The average molecular weight is 364 g/mol. The van der Waals surface area contributed by atoms with Crippen molar-refractivity contribution in [2.24, 2.45) is 0 Å². The number of anilines is 1. The second-order valence-electron chi connectivity index (χ2n) is 5.17. The van der Waals surface area contributed by atoms with Crippen LogP contribution in [0, 0.1) is 6.92 Å². The molecule has 2 aromatic carbocycles. The number of benzene rings is 2. The second kappa shape index (κ2) is 8.39. The number of methoxy groups -OCH3 is 2. The molecule has 7 heteroatoms. The van der Waals surface area contributed by atoms with Crippen LogP contribution in [0.4, 0.5) is 5.69 Å². The zero-order chi connectivity index (χ0) is 18.4. The monoisotopic (exact) mass is 363 g/mol. The van der Waals surface area contributed by atoms with E-state index in [1.165, 1.54) is 26.4 Å². The lowest BCUT2D eigenvalue weighted by molar-refractivity contribution is -0.118. The maximum Gasteiger partial charge on any atom is 0.262 e. The van der Waals surface area contributed by atoms with Crippen LogP contribution < -0.4 is 19.5 Å². The normalized spacial score (nSPS) is 10.1. The lowest BCUT2D eigenvalue weighted by Gasteiger charge is -2.15. The van der Waals surface area contributed by atoms with Crippen molar-refractivity contribution in [2.45, 2.75) is 6.92 Å². The van der Waals surface area contributed by atoms with Crippen molar-refractivity contribution in [3.63, 3.8) is 0 Å². The van der Waals surface area contributed by atoms with Crippen LogP contribution in [0.2, 0.25) is 5.02 Å². The van der Waals surface area contributed by atoms with Gasteiger partial charge in [-0.15, -0.1) is 0 Å². The summed E-state index contributed by atoms with van der Waals surface area (Å²) in [5, 5.41) is 3.34. The fraction of sp³-hybridized carbons (Fsp3) is 0.222. The van der Waals surface area contributed by atoms with Crippen LogP contribution in [0.25, 0.3) is 0 Å². The highest BCUT2D eigenvalue weighted by atomic mass is 35.5. The van der Waals surface area contributed by atoms with Gasteiger partial charge in [0.2, 0.25) is 5.75 Å². The Morgan fingerprint density at radius 1 is 1.16 bits per heavy atom. The molecule has 132 valence electrons. The molecular weight excluding hydrogens is 346 g/mol. The standard InChI is InChI=1S/C18H18ClNO5/c1-11-6-13(19)4-5-14(11)20-17(22)10-25-18-15(23-2)7-12(9-21)8-16(18)24-3/h4-9H,10H2,1-3H3,(H,20,22). The molecule has 0 saturated heterocycles. The molecule has 0 aliphatic carbocycles. The van der Waals surface area contributed by atoms with E-state index in [2.05, 4.69) is 5.32 Å². The zero-order valence-electron chi connectivity index (χ0n) is 14.1. The van der Waals surface area contributed by atoms with Gasteiger partial charge in [0.15, 0.2) is 18.1 Å². The Bertz CT molecular complexity index is 766. The Morgan fingerprint density at radius 3 is 2.32 bits per heavy atom. The summed E-state index contributed by atoms with van der Waals surface area (Å²) < 4.78 is 15.9. The van der Waals surface area contributed by atoms with Crippen LogP contribution in [0.5, 0.6) is 17.2 Å². The first kappa shape index (κ1) is 18.6.